The van der Waals surface area contributed by atoms with Crippen molar-refractivity contribution in [2.45, 2.75) is 6.61 Å². The van der Waals surface area contributed by atoms with Gasteiger partial charge in [-0.2, -0.15) is 4.80 Å². The van der Waals surface area contributed by atoms with Crippen molar-refractivity contribution >= 4 is 12.0 Å². The van der Waals surface area contributed by atoms with Gasteiger partial charge in [0.05, 0.1) is 14.2 Å². The number of aromatic nitrogens is 4. The molecule has 0 saturated carbocycles. The largest absolute Gasteiger partial charge is 0.493 e. The predicted molar refractivity (Wildman–Crippen MR) is 72.8 cm³/mol. The van der Waals surface area contributed by atoms with Crippen LogP contribution in [0, 0.1) is 0 Å². The van der Waals surface area contributed by atoms with E-state index in [1.165, 1.54) is 18.0 Å². The minimum atomic E-state index is -1.02. The Balaban J connectivity index is 2.15. The van der Waals surface area contributed by atoms with Crippen LogP contribution in [0.4, 0.5) is 0 Å². The molecule has 0 bridgehead atoms. The van der Waals surface area contributed by atoms with Gasteiger partial charge < -0.3 is 14.6 Å². The van der Waals surface area contributed by atoms with E-state index in [4.69, 9.17) is 14.6 Å². The summed E-state index contributed by atoms with van der Waals surface area (Å²) in [5.74, 6) is 0.423. The molecule has 0 atom stereocenters. The number of benzene rings is 1. The molecule has 1 heterocycles. The number of aryl methyl sites for hydroxylation is 1. The molecule has 1 aromatic heterocycles. The molecule has 1 aromatic carbocycles. The monoisotopic (exact) mass is 290 g/mol. The fourth-order valence-corrected chi connectivity index (χ4v) is 1.60. The van der Waals surface area contributed by atoms with Gasteiger partial charge >= 0.3 is 5.97 Å². The molecule has 0 saturated heterocycles. The van der Waals surface area contributed by atoms with E-state index < -0.39 is 5.97 Å². The van der Waals surface area contributed by atoms with E-state index >= 15 is 0 Å². The van der Waals surface area contributed by atoms with E-state index in [-0.39, 0.29) is 6.61 Å². The molecule has 2 rings (SSSR count). The van der Waals surface area contributed by atoms with Gasteiger partial charge in [0.25, 0.3) is 0 Å². The number of tetrazole rings is 1. The highest BCUT2D eigenvalue weighted by atomic mass is 16.5. The Morgan fingerprint density at radius 2 is 2.24 bits per heavy atom. The maximum absolute atomic E-state index is 10.5. The van der Waals surface area contributed by atoms with E-state index in [0.717, 1.165) is 6.08 Å². The Bertz CT molecular complexity index is 666. The summed E-state index contributed by atoms with van der Waals surface area (Å²) in [5.41, 5.74) is 0.681. The maximum atomic E-state index is 10.5. The first kappa shape index (κ1) is 14.5. The lowest BCUT2D eigenvalue weighted by Gasteiger charge is -2.09. The topological polar surface area (TPSA) is 99.4 Å². The highest BCUT2D eigenvalue weighted by Crippen LogP contribution is 2.29. The minimum absolute atomic E-state index is 0.135. The Kier molecular flexibility index (Phi) is 4.50. The van der Waals surface area contributed by atoms with Crippen LogP contribution >= 0.6 is 0 Å². The van der Waals surface area contributed by atoms with E-state index in [2.05, 4.69) is 15.4 Å². The highest BCUT2D eigenvalue weighted by Gasteiger charge is 2.08. The van der Waals surface area contributed by atoms with Crippen LogP contribution in [0.5, 0.6) is 11.5 Å². The van der Waals surface area contributed by atoms with Gasteiger partial charge in [0.2, 0.25) is 5.82 Å². The number of carboxylic acids is 1. The van der Waals surface area contributed by atoms with Gasteiger partial charge in [-0.1, -0.05) is 6.07 Å². The molecule has 21 heavy (non-hydrogen) atoms. The number of hydrogen-bond donors (Lipinski definition) is 1. The zero-order chi connectivity index (χ0) is 15.2. The van der Waals surface area contributed by atoms with Crippen LogP contribution in [0.2, 0.25) is 0 Å². The van der Waals surface area contributed by atoms with Gasteiger partial charge in [-0.3, -0.25) is 0 Å². The predicted octanol–water partition coefficient (Wildman–Crippen LogP) is 0.895. The van der Waals surface area contributed by atoms with E-state index in [1.807, 2.05) is 0 Å². The van der Waals surface area contributed by atoms with Crippen molar-refractivity contribution in [1.82, 2.24) is 20.2 Å². The summed E-state index contributed by atoms with van der Waals surface area (Å²) in [7, 11) is 3.18. The molecule has 110 valence electrons. The molecule has 1 N–H and O–H groups in total. The number of aliphatic carboxylic acids is 1. The number of methoxy groups -OCH3 is 1. The van der Waals surface area contributed by atoms with Gasteiger partial charge in [-0.15, -0.1) is 10.2 Å². The molecule has 0 amide bonds. The smallest absolute Gasteiger partial charge is 0.328 e. The third-order valence-electron chi connectivity index (χ3n) is 2.51. The molecule has 0 fully saturated rings. The van der Waals surface area contributed by atoms with Gasteiger partial charge in [0.1, 0.15) is 0 Å². The maximum Gasteiger partial charge on any atom is 0.328 e. The van der Waals surface area contributed by atoms with Crippen LogP contribution in [0.1, 0.15) is 11.4 Å². The normalized spacial score (nSPS) is 10.8. The minimum Gasteiger partial charge on any atom is -0.493 e. The number of carbonyl (C=O) groups is 1. The first-order chi connectivity index (χ1) is 10.1. The highest BCUT2D eigenvalue weighted by molar-refractivity contribution is 5.85. The SMILES string of the molecule is COc1ccc(/C=C/C(=O)O)cc1OCc1nnn(C)n1. The Labute approximate surface area is 120 Å². The van der Waals surface area contributed by atoms with Crippen LogP contribution in [-0.4, -0.2) is 38.4 Å². The average Bonchev–Trinajstić information content (AvgIpc) is 2.88. The summed E-state index contributed by atoms with van der Waals surface area (Å²) in [6.07, 6.45) is 2.52. The van der Waals surface area contributed by atoms with Crippen LogP contribution < -0.4 is 9.47 Å². The Hall–Kier alpha value is -2.90. The molecule has 2 aromatic rings. The van der Waals surface area contributed by atoms with Crippen molar-refractivity contribution < 1.29 is 19.4 Å². The van der Waals surface area contributed by atoms with E-state index in [9.17, 15) is 4.79 Å². The Morgan fingerprint density at radius 1 is 1.43 bits per heavy atom. The second-order valence-electron chi connectivity index (χ2n) is 4.07. The van der Waals surface area contributed by atoms with Gasteiger partial charge in [0.15, 0.2) is 18.1 Å². The summed E-state index contributed by atoms with van der Waals surface area (Å²) in [6, 6.07) is 5.10. The summed E-state index contributed by atoms with van der Waals surface area (Å²) in [5, 5.41) is 20.1. The zero-order valence-electron chi connectivity index (χ0n) is 11.6. The molecule has 0 aliphatic rings. The molecule has 0 unspecified atom stereocenters. The van der Waals surface area contributed by atoms with Crippen molar-refractivity contribution in [3.8, 4) is 11.5 Å². The fraction of sp³-hybridized carbons (Fsp3) is 0.231. The van der Waals surface area contributed by atoms with Crippen LogP contribution in [0.25, 0.3) is 6.08 Å². The van der Waals surface area contributed by atoms with Crippen LogP contribution in [-0.2, 0) is 18.4 Å². The third kappa shape index (κ3) is 4.03. The second kappa shape index (κ2) is 6.51. The van der Waals surface area contributed by atoms with Crippen LogP contribution in [0.3, 0.4) is 0 Å². The number of carboxylic acid groups (broad SMARTS) is 1. The molecule has 0 radical (unpaired) electrons. The van der Waals surface area contributed by atoms with Gasteiger partial charge in [-0.25, -0.2) is 4.79 Å². The number of nitrogens with zero attached hydrogens (tertiary/aromatic N) is 4. The molecular formula is C13H14N4O4. The van der Waals surface area contributed by atoms with Crippen molar-refractivity contribution in [2.24, 2.45) is 7.05 Å². The zero-order valence-corrected chi connectivity index (χ0v) is 11.6. The Morgan fingerprint density at radius 3 is 2.86 bits per heavy atom. The summed E-state index contributed by atoms with van der Waals surface area (Å²) < 4.78 is 10.8. The second-order valence-corrected chi connectivity index (χ2v) is 4.07. The molecule has 8 nitrogen and oxygen atoms in total. The lowest BCUT2D eigenvalue weighted by Crippen LogP contribution is -2.01. The van der Waals surface area contributed by atoms with Crippen LogP contribution in [0.15, 0.2) is 24.3 Å². The molecule has 8 heteroatoms. The molecule has 0 aliphatic heterocycles. The lowest BCUT2D eigenvalue weighted by atomic mass is 10.2. The van der Waals surface area contributed by atoms with Crippen molar-refractivity contribution in [1.29, 1.82) is 0 Å². The first-order valence-corrected chi connectivity index (χ1v) is 6.03. The van der Waals surface area contributed by atoms with E-state index in [0.29, 0.717) is 22.9 Å². The standard InChI is InChI=1S/C13H14N4O4/c1-17-15-12(14-16-17)8-21-11-7-9(4-6-13(18)19)3-5-10(11)20-2/h3-7H,8H2,1-2H3,(H,18,19)/b6-4+. The molecule has 0 spiro atoms. The van der Waals surface area contributed by atoms with Crippen molar-refractivity contribution in [3.63, 3.8) is 0 Å². The number of ether oxygens (including phenoxy) is 2. The average molecular weight is 290 g/mol. The summed E-state index contributed by atoms with van der Waals surface area (Å²) >= 11 is 0. The molecular weight excluding hydrogens is 276 g/mol. The molecule has 0 aliphatic carbocycles. The fourth-order valence-electron chi connectivity index (χ4n) is 1.60. The quantitative estimate of drug-likeness (QED) is 0.789. The van der Waals surface area contributed by atoms with Gasteiger partial charge in [-0.05, 0) is 29.0 Å². The first-order valence-electron chi connectivity index (χ1n) is 6.03. The van der Waals surface area contributed by atoms with Crippen molar-refractivity contribution in [2.75, 3.05) is 7.11 Å². The third-order valence-corrected chi connectivity index (χ3v) is 2.51. The number of hydrogen-bond acceptors (Lipinski definition) is 6. The summed E-state index contributed by atoms with van der Waals surface area (Å²) in [4.78, 5) is 11.9. The van der Waals surface area contributed by atoms with Crippen molar-refractivity contribution in [3.05, 3.63) is 35.7 Å². The number of rotatable bonds is 6. The lowest BCUT2D eigenvalue weighted by molar-refractivity contribution is -0.131. The van der Waals surface area contributed by atoms with Gasteiger partial charge in [0, 0.05) is 6.08 Å². The summed E-state index contributed by atoms with van der Waals surface area (Å²) in [6.45, 7) is 0.135. The van der Waals surface area contributed by atoms with E-state index in [1.54, 1.807) is 25.2 Å².